The molecule has 2 aliphatic carbocycles. The average Bonchev–Trinajstić information content (AvgIpc) is 2.36. The summed E-state index contributed by atoms with van der Waals surface area (Å²) < 4.78 is 0. The van der Waals surface area contributed by atoms with Gasteiger partial charge in [-0.3, -0.25) is 0 Å². The van der Waals surface area contributed by atoms with Gasteiger partial charge in [0.25, 0.3) is 0 Å². The number of hydrogen-bond donors (Lipinski definition) is 0. The molecule has 1 aromatic carbocycles. The van der Waals surface area contributed by atoms with E-state index in [2.05, 4.69) is 48.6 Å². The Labute approximate surface area is 100 Å². The van der Waals surface area contributed by atoms with Crippen LogP contribution in [0.2, 0.25) is 0 Å². The van der Waals surface area contributed by atoms with Gasteiger partial charge in [0.1, 0.15) is 0 Å². The van der Waals surface area contributed by atoms with Crippen molar-refractivity contribution in [1.82, 2.24) is 0 Å². The van der Waals surface area contributed by atoms with Gasteiger partial charge in [-0.05, 0) is 28.0 Å². The molecule has 0 N–H and O–H groups in total. The van der Waals surface area contributed by atoms with Gasteiger partial charge in [-0.15, -0.1) is 11.6 Å². The molecule has 0 radical (unpaired) electrons. The lowest BCUT2D eigenvalue weighted by atomic mass is 9.81. The summed E-state index contributed by atoms with van der Waals surface area (Å²) >= 11 is 6.13. The summed E-state index contributed by atoms with van der Waals surface area (Å²) in [6, 6.07) is 8.52. The Hall–Kier alpha value is -1.27. The van der Waals surface area contributed by atoms with Crippen LogP contribution in [-0.2, 0) is 0 Å². The highest BCUT2D eigenvalue weighted by Gasteiger charge is 2.21. The van der Waals surface area contributed by atoms with Crippen LogP contribution in [0.5, 0.6) is 0 Å². The number of rotatable bonds is 1. The predicted octanol–water partition coefficient (Wildman–Crippen LogP) is 2.37. The Balaban J connectivity index is 2.35. The first kappa shape index (κ1) is 9.92. The first-order valence-corrected chi connectivity index (χ1v) is 6.16. The number of alkyl halides is 1. The topological polar surface area (TPSA) is 0 Å². The number of allylic oxidation sites excluding steroid dienone is 4. The zero-order chi connectivity index (χ0) is 11.0. The lowest BCUT2D eigenvalue weighted by molar-refractivity contribution is 0.798. The second-order valence-electron chi connectivity index (χ2n) is 4.27. The molecule has 0 spiro atoms. The zero-order valence-electron chi connectivity index (χ0n) is 8.99. The van der Waals surface area contributed by atoms with Crippen molar-refractivity contribution in [2.45, 2.75) is 6.42 Å². The van der Waals surface area contributed by atoms with E-state index in [9.17, 15) is 0 Å². The Morgan fingerprint density at radius 1 is 1.25 bits per heavy atom. The first-order chi connectivity index (χ1) is 7.90. The average molecular weight is 229 g/mol. The van der Waals surface area contributed by atoms with Gasteiger partial charge in [-0.25, -0.2) is 0 Å². The molecule has 0 nitrogen and oxygen atoms in total. The maximum Gasteiger partial charge on any atom is 0.0448 e. The lowest BCUT2D eigenvalue weighted by Crippen LogP contribution is -2.34. The van der Waals surface area contributed by atoms with E-state index in [1.165, 1.54) is 21.6 Å². The van der Waals surface area contributed by atoms with Crippen LogP contribution in [0.1, 0.15) is 6.42 Å². The monoisotopic (exact) mass is 228 g/mol. The third kappa shape index (κ3) is 1.45. The fourth-order valence-electron chi connectivity index (χ4n) is 2.59. The molecule has 0 fully saturated rings. The van der Waals surface area contributed by atoms with Gasteiger partial charge in [0.15, 0.2) is 0 Å². The van der Waals surface area contributed by atoms with Crippen LogP contribution in [-0.4, -0.2) is 5.88 Å². The summed E-state index contributed by atoms with van der Waals surface area (Å²) in [6.07, 6.45) is 9.94. The van der Waals surface area contributed by atoms with E-state index >= 15 is 0 Å². The fraction of sp³-hybridized carbons (Fsp3) is 0.200. The summed E-state index contributed by atoms with van der Waals surface area (Å²) in [5, 5.41) is 2.63. The molecule has 0 heterocycles. The lowest BCUT2D eigenvalue weighted by Gasteiger charge is -2.24. The van der Waals surface area contributed by atoms with Crippen molar-refractivity contribution in [2.24, 2.45) is 5.92 Å². The molecule has 0 aromatic heterocycles. The minimum atomic E-state index is 0.498. The second kappa shape index (κ2) is 3.95. The molecule has 0 amide bonds. The second-order valence-corrected chi connectivity index (χ2v) is 4.54. The molecule has 3 rings (SSSR count). The van der Waals surface area contributed by atoms with E-state index < -0.39 is 0 Å². The normalized spacial score (nSPS) is 21.9. The molecule has 1 unspecified atom stereocenters. The van der Waals surface area contributed by atoms with Crippen LogP contribution in [0.25, 0.3) is 11.6 Å². The Bertz CT molecular complexity index is 590. The standard InChI is InChI=1S/C15H13Cl/c16-10-15-13-7-3-1-5-11(13)9-12-6-2-4-8-14(12)15/h1-7,9,14H,8,10H2. The minimum absolute atomic E-state index is 0.498. The van der Waals surface area contributed by atoms with Crippen molar-refractivity contribution in [3.05, 3.63) is 58.5 Å². The summed E-state index contributed by atoms with van der Waals surface area (Å²) in [5.74, 6) is 1.12. The molecule has 2 aliphatic rings. The van der Waals surface area contributed by atoms with Crippen molar-refractivity contribution >= 4 is 23.3 Å². The van der Waals surface area contributed by atoms with Crippen molar-refractivity contribution in [1.29, 1.82) is 0 Å². The van der Waals surface area contributed by atoms with E-state index in [-0.39, 0.29) is 0 Å². The fourth-order valence-corrected chi connectivity index (χ4v) is 2.92. The highest BCUT2D eigenvalue weighted by atomic mass is 35.5. The third-order valence-corrected chi connectivity index (χ3v) is 3.68. The molecule has 1 atom stereocenters. The Morgan fingerprint density at radius 3 is 3.00 bits per heavy atom. The van der Waals surface area contributed by atoms with Gasteiger partial charge < -0.3 is 0 Å². The van der Waals surface area contributed by atoms with Crippen molar-refractivity contribution < 1.29 is 0 Å². The summed E-state index contributed by atoms with van der Waals surface area (Å²) in [5.41, 5.74) is 2.77. The molecule has 16 heavy (non-hydrogen) atoms. The van der Waals surface area contributed by atoms with Gasteiger partial charge in [-0.2, -0.15) is 0 Å². The van der Waals surface area contributed by atoms with Gasteiger partial charge in [0, 0.05) is 11.8 Å². The highest BCUT2D eigenvalue weighted by Crippen LogP contribution is 2.30. The minimum Gasteiger partial charge on any atom is -0.122 e. The maximum absolute atomic E-state index is 6.13. The quantitative estimate of drug-likeness (QED) is 0.648. The number of benzene rings is 1. The van der Waals surface area contributed by atoms with Gasteiger partial charge in [0.05, 0.1) is 0 Å². The Kier molecular flexibility index (Phi) is 2.45. The highest BCUT2D eigenvalue weighted by molar-refractivity contribution is 6.22. The Morgan fingerprint density at radius 2 is 2.12 bits per heavy atom. The van der Waals surface area contributed by atoms with E-state index in [0.717, 1.165) is 6.42 Å². The molecular weight excluding hydrogens is 216 g/mol. The van der Waals surface area contributed by atoms with Crippen LogP contribution in [0, 0.1) is 5.92 Å². The van der Waals surface area contributed by atoms with E-state index in [0.29, 0.717) is 11.8 Å². The molecule has 0 bridgehead atoms. The third-order valence-electron chi connectivity index (χ3n) is 3.39. The smallest absolute Gasteiger partial charge is 0.0448 e. The van der Waals surface area contributed by atoms with Crippen LogP contribution < -0.4 is 10.4 Å². The summed E-state index contributed by atoms with van der Waals surface area (Å²) in [4.78, 5) is 0. The van der Waals surface area contributed by atoms with Crippen LogP contribution in [0.3, 0.4) is 0 Å². The largest absolute Gasteiger partial charge is 0.122 e. The van der Waals surface area contributed by atoms with E-state index in [1.54, 1.807) is 0 Å². The van der Waals surface area contributed by atoms with Crippen LogP contribution in [0.4, 0.5) is 0 Å². The molecule has 80 valence electrons. The van der Waals surface area contributed by atoms with Crippen LogP contribution in [0.15, 0.2) is 48.1 Å². The van der Waals surface area contributed by atoms with Crippen molar-refractivity contribution in [3.63, 3.8) is 0 Å². The molecule has 1 aromatic rings. The van der Waals surface area contributed by atoms with Crippen molar-refractivity contribution in [2.75, 3.05) is 5.88 Å². The molecule has 0 saturated heterocycles. The van der Waals surface area contributed by atoms with E-state index in [4.69, 9.17) is 11.6 Å². The number of hydrogen-bond acceptors (Lipinski definition) is 0. The molecule has 0 saturated carbocycles. The first-order valence-electron chi connectivity index (χ1n) is 5.62. The number of halogens is 1. The molecular formula is C15H13Cl. The van der Waals surface area contributed by atoms with Gasteiger partial charge in [-0.1, -0.05) is 48.6 Å². The van der Waals surface area contributed by atoms with Gasteiger partial charge in [0.2, 0.25) is 0 Å². The predicted molar refractivity (Wildman–Crippen MR) is 69.6 cm³/mol. The maximum atomic E-state index is 6.13. The SMILES string of the molecule is ClCC1=c2ccccc2=CC2=CC=CCC21. The number of fused-ring (bicyclic) bond motifs is 2. The zero-order valence-corrected chi connectivity index (χ0v) is 9.74. The summed E-state index contributed by atoms with van der Waals surface area (Å²) in [7, 11) is 0. The molecule has 1 heteroatoms. The van der Waals surface area contributed by atoms with E-state index in [1.807, 2.05) is 0 Å². The van der Waals surface area contributed by atoms with Gasteiger partial charge >= 0.3 is 0 Å². The van der Waals surface area contributed by atoms with Crippen LogP contribution >= 0.6 is 11.6 Å². The van der Waals surface area contributed by atoms with Crippen molar-refractivity contribution in [3.8, 4) is 0 Å². The molecule has 0 aliphatic heterocycles. The summed E-state index contributed by atoms with van der Waals surface area (Å²) in [6.45, 7) is 0.